The maximum atomic E-state index is 13.2. The fourth-order valence-corrected chi connectivity index (χ4v) is 9.78. The van der Waals surface area contributed by atoms with Gasteiger partial charge in [0.1, 0.15) is 42.2 Å². The number of hydrogen-bond donors (Lipinski definition) is 2. The molecule has 2 aliphatic heterocycles. The van der Waals surface area contributed by atoms with E-state index in [0.717, 1.165) is 43.4 Å². The maximum absolute atomic E-state index is 13.2. The van der Waals surface area contributed by atoms with Gasteiger partial charge in [-0.05, 0) is 103 Å². The van der Waals surface area contributed by atoms with Crippen LogP contribution in [0.2, 0.25) is 19.6 Å². The third-order valence-corrected chi connectivity index (χ3v) is 12.7. The zero-order valence-corrected chi connectivity index (χ0v) is 41.7. The Balaban J connectivity index is 0.000000240. The highest BCUT2D eigenvalue weighted by atomic mass is 79.9. The fourth-order valence-electron chi connectivity index (χ4n) is 8.39. The van der Waals surface area contributed by atoms with Gasteiger partial charge < -0.3 is 29.8 Å². The number of halogens is 1. The predicted octanol–water partition coefficient (Wildman–Crippen LogP) is 8.61. The number of allylic oxidation sites excluding steroid dienone is 4. The molecule has 6 rings (SSSR count). The van der Waals surface area contributed by atoms with E-state index in [1.165, 1.54) is 0 Å². The molecule has 0 aromatic heterocycles. The second-order valence-corrected chi connectivity index (χ2v) is 24.8. The molecular formula is C49H63BrN4O8Si. The van der Waals surface area contributed by atoms with Gasteiger partial charge in [0.15, 0.2) is 11.6 Å². The lowest BCUT2D eigenvalue weighted by Crippen LogP contribution is -2.33. The number of benzene rings is 2. The minimum atomic E-state index is -1.59. The van der Waals surface area contributed by atoms with E-state index in [2.05, 4.69) is 86.2 Å². The molecule has 2 aromatic rings. The van der Waals surface area contributed by atoms with Crippen molar-refractivity contribution in [3.63, 3.8) is 0 Å². The van der Waals surface area contributed by atoms with E-state index in [1.54, 1.807) is 14.2 Å². The molecule has 2 aliphatic carbocycles. The first kappa shape index (κ1) is 49.0. The average molecular weight is 944 g/mol. The Labute approximate surface area is 382 Å². The summed E-state index contributed by atoms with van der Waals surface area (Å²) >= 11 is 3.61. The van der Waals surface area contributed by atoms with Crippen molar-refractivity contribution in [2.75, 3.05) is 27.3 Å². The fraction of sp³-hybridized carbons (Fsp3) is 0.510. The maximum Gasteiger partial charge on any atom is 0.269 e. The average Bonchev–Trinajstić information content (AvgIpc) is 3.91. The highest BCUT2D eigenvalue weighted by Crippen LogP contribution is 2.42. The molecule has 4 aliphatic rings. The lowest BCUT2D eigenvalue weighted by molar-refractivity contribution is -0.115. The molecular weight excluding hydrogens is 881 g/mol. The molecule has 14 heteroatoms. The minimum absolute atomic E-state index is 0.0615. The molecule has 338 valence electrons. The molecule has 0 radical (unpaired) electrons. The number of ketones is 2. The number of hydrogen-bond acceptors (Lipinski definition) is 10. The number of methoxy groups -OCH3 is 2. The summed E-state index contributed by atoms with van der Waals surface area (Å²) in [7, 11) is 1.62. The van der Waals surface area contributed by atoms with Gasteiger partial charge >= 0.3 is 0 Å². The van der Waals surface area contributed by atoms with Crippen LogP contribution >= 0.6 is 15.9 Å². The topological polar surface area (TPSA) is 154 Å². The lowest BCUT2D eigenvalue weighted by Gasteiger charge is -2.16. The first-order valence-electron chi connectivity index (χ1n) is 21.5. The zero-order valence-electron chi connectivity index (χ0n) is 39.2. The normalized spacial score (nSPS) is 19.9. The molecule has 2 atom stereocenters. The molecule has 2 heterocycles. The van der Waals surface area contributed by atoms with Gasteiger partial charge in [-0.25, -0.2) is 0 Å². The van der Waals surface area contributed by atoms with Gasteiger partial charge in [-0.15, -0.1) is 5.54 Å². The molecule has 2 unspecified atom stereocenters. The summed E-state index contributed by atoms with van der Waals surface area (Å²) in [5, 5.41) is 13.6. The van der Waals surface area contributed by atoms with Gasteiger partial charge in [-0.3, -0.25) is 19.2 Å². The van der Waals surface area contributed by atoms with Crippen LogP contribution < -0.4 is 10.6 Å². The smallest absolute Gasteiger partial charge is 0.269 e. The summed E-state index contributed by atoms with van der Waals surface area (Å²) in [5.41, 5.74) is 11.6. The van der Waals surface area contributed by atoms with Crippen molar-refractivity contribution in [2.24, 2.45) is 22.1 Å². The van der Waals surface area contributed by atoms with Gasteiger partial charge in [-0.1, -0.05) is 63.9 Å². The molecule has 0 saturated heterocycles. The van der Waals surface area contributed by atoms with Crippen LogP contribution in [0, 0.1) is 51.0 Å². The van der Waals surface area contributed by atoms with Crippen LogP contribution in [-0.2, 0) is 38.3 Å². The number of carbonyl (C=O) groups is 4. The zero-order chi connectivity index (χ0) is 46.6. The van der Waals surface area contributed by atoms with Gasteiger partial charge in [-0.2, -0.15) is 0 Å². The van der Waals surface area contributed by atoms with Crippen molar-refractivity contribution in [3.8, 4) is 11.5 Å². The van der Waals surface area contributed by atoms with E-state index >= 15 is 0 Å². The molecule has 0 spiro atoms. The van der Waals surface area contributed by atoms with Gasteiger partial charge in [0, 0.05) is 71.8 Å². The van der Waals surface area contributed by atoms with E-state index in [-0.39, 0.29) is 35.2 Å². The molecule has 12 nitrogen and oxygen atoms in total. The summed E-state index contributed by atoms with van der Waals surface area (Å²) in [6.45, 7) is 23.1. The number of nitrogens with one attached hydrogen (secondary N) is 2. The van der Waals surface area contributed by atoms with Crippen LogP contribution in [0.3, 0.4) is 0 Å². The van der Waals surface area contributed by atoms with Crippen LogP contribution in [0.15, 0.2) is 50.6 Å². The Morgan fingerprint density at radius 2 is 1.17 bits per heavy atom. The van der Waals surface area contributed by atoms with E-state index < -0.39 is 19.3 Å². The van der Waals surface area contributed by atoms with E-state index in [0.29, 0.717) is 85.7 Å². The minimum Gasteiger partial charge on any atom is -0.500 e. The van der Waals surface area contributed by atoms with Crippen molar-refractivity contribution in [1.82, 2.24) is 10.6 Å². The lowest BCUT2D eigenvalue weighted by atomic mass is 9.92. The second-order valence-electron chi connectivity index (χ2n) is 19.2. The van der Waals surface area contributed by atoms with Crippen molar-refractivity contribution in [1.29, 1.82) is 0 Å². The van der Waals surface area contributed by atoms with E-state index in [1.807, 2.05) is 61.5 Å². The Hall–Kier alpha value is -5.00. The van der Waals surface area contributed by atoms with Crippen LogP contribution in [0.25, 0.3) is 11.1 Å². The third-order valence-electron chi connectivity index (χ3n) is 11.2. The molecule has 2 amide bonds. The quantitative estimate of drug-likeness (QED) is 0.159. The second kappa shape index (κ2) is 19.8. The van der Waals surface area contributed by atoms with Gasteiger partial charge in [0.2, 0.25) is 0 Å². The van der Waals surface area contributed by atoms with Crippen LogP contribution in [-0.4, -0.2) is 81.4 Å². The molecule has 0 bridgehead atoms. The number of nitrogens with zero attached hydrogens (tertiary/aromatic N) is 2. The molecule has 0 fully saturated rings. The van der Waals surface area contributed by atoms with Crippen molar-refractivity contribution in [3.05, 3.63) is 79.2 Å². The first-order valence-corrected chi connectivity index (χ1v) is 25.8. The van der Waals surface area contributed by atoms with E-state index in [9.17, 15) is 19.2 Å². The number of Topliss-reactive ketones (excluding diaryl/α,β-unsaturated/α-hetero) is 2. The van der Waals surface area contributed by atoms with E-state index in [4.69, 9.17) is 19.1 Å². The molecule has 2 N–H and O–H groups in total. The number of oxime groups is 2. The summed E-state index contributed by atoms with van der Waals surface area (Å²) < 4.78 is 12.4. The monoisotopic (exact) mass is 942 g/mol. The Morgan fingerprint density at radius 3 is 1.57 bits per heavy atom. The standard InChI is InChI=1S/C27H36N2O4Si.C22H27BrN2O4/c1-17-13-18(2)23(19(14-17)10-12-34(6,7)8)24-22(30)15-20(25(24)32-5)9-11-28-26(31)21-16-27(3,4)33-29-21;1-12-8-13(2)18(15(23)9-12)19-17(26)10-14(20(19)28-5)6-7-24-21(27)16-11-22(3,4)29-25-16/h13-14,20H,9,11,15-16H2,1-8H3,(H,28,31);8-9,14H,6-7,10-11H2,1-5H3,(H,24,27). The summed E-state index contributed by atoms with van der Waals surface area (Å²) in [6.07, 6.45) is 2.91. The van der Waals surface area contributed by atoms with Crippen LogP contribution in [0.4, 0.5) is 0 Å². The molecule has 63 heavy (non-hydrogen) atoms. The number of amides is 2. The highest BCUT2D eigenvalue weighted by molar-refractivity contribution is 9.10. The largest absolute Gasteiger partial charge is 0.500 e. The van der Waals surface area contributed by atoms with Gasteiger partial charge in [0.25, 0.3) is 11.8 Å². The number of aryl methyl sites for hydroxylation is 4. The molecule has 0 saturated carbocycles. The number of ether oxygens (including phenoxy) is 2. The molecule has 2 aromatic carbocycles. The Morgan fingerprint density at radius 1 is 0.746 bits per heavy atom. The summed E-state index contributed by atoms with van der Waals surface area (Å²) in [6, 6.07) is 8.22. The Kier molecular flexibility index (Phi) is 15.4. The van der Waals surface area contributed by atoms with Crippen LogP contribution in [0.1, 0.15) is 105 Å². The highest BCUT2D eigenvalue weighted by Gasteiger charge is 2.38. The summed E-state index contributed by atoms with van der Waals surface area (Å²) in [5.74, 6) is 4.28. The van der Waals surface area contributed by atoms with Crippen molar-refractivity contribution >= 4 is 70.0 Å². The third kappa shape index (κ3) is 12.2. The first-order chi connectivity index (χ1) is 29.4. The Bertz CT molecular complexity index is 2350. The van der Waals surface area contributed by atoms with Crippen molar-refractivity contribution < 1.29 is 38.3 Å². The summed E-state index contributed by atoms with van der Waals surface area (Å²) in [4.78, 5) is 61.3. The van der Waals surface area contributed by atoms with Crippen molar-refractivity contribution in [2.45, 2.75) is 125 Å². The number of carbonyl (C=O) groups excluding carboxylic acids is 4. The SMILES string of the molecule is COC1=C(c2c(C)cc(C)cc2Br)C(=O)CC1CCNC(=O)C1=NOC(C)(C)C1.COC1=C(c2c(C)cc(C)cc2C#C[Si](C)(C)C)C(=O)CC1CCNC(=O)C1=NOC(C)(C)C1. The van der Waals surface area contributed by atoms with Gasteiger partial charge in [0.05, 0.1) is 25.4 Å². The predicted molar refractivity (Wildman–Crippen MR) is 254 cm³/mol. The number of rotatable bonds is 12. The van der Waals surface area contributed by atoms with Crippen LogP contribution in [0.5, 0.6) is 0 Å².